The fraction of sp³-hybridized carbons (Fsp3) is 0.875. The summed E-state index contributed by atoms with van der Waals surface area (Å²) in [5.41, 5.74) is -0.407. The van der Waals surface area contributed by atoms with Gasteiger partial charge in [0.25, 0.3) is 0 Å². The molecular weight excluding hydrogens is 408 g/mol. The first-order chi connectivity index (χ1) is 6.68. The molecule has 14 heavy (non-hydrogen) atoms. The number of likely N-dealkylation sites (N-methyl/N-ethyl adjacent to an activating group) is 1. The van der Waals surface area contributed by atoms with Gasteiger partial charge in [0.15, 0.2) is 0 Å². The normalized spacial score (nSPS) is 30.4. The van der Waals surface area contributed by atoms with Crippen LogP contribution in [0.3, 0.4) is 0 Å². The van der Waals surface area contributed by atoms with Crippen LogP contribution in [0.1, 0.15) is 0 Å². The second kappa shape index (κ2) is 5.79. The number of ether oxygens (including phenoxy) is 1. The van der Waals surface area contributed by atoms with Gasteiger partial charge in [-0.3, -0.25) is 0 Å². The Morgan fingerprint density at radius 1 is 1.64 bits per heavy atom. The summed E-state index contributed by atoms with van der Waals surface area (Å²) < 4.78 is 7.48. The van der Waals surface area contributed by atoms with Gasteiger partial charge in [-0.1, -0.05) is 0 Å². The van der Waals surface area contributed by atoms with Crippen LogP contribution in [0.25, 0.3) is 0 Å². The first-order valence-electron chi connectivity index (χ1n) is 4.31. The summed E-state index contributed by atoms with van der Waals surface area (Å²) in [4.78, 5) is 2.20. The van der Waals surface area contributed by atoms with Gasteiger partial charge in [0.1, 0.15) is 0 Å². The zero-order valence-electron chi connectivity index (χ0n) is 8.33. The quantitative estimate of drug-likeness (QED) is 0.373. The molecule has 1 aliphatic rings. The van der Waals surface area contributed by atoms with Crippen molar-refractivity contribution in [2.75, 3.05) is 40.4 Å². The molecule has 1 atom stereocenters. The third-order valence-corrected chi connectivity index (χ3v) is 7.14. The Balaban J connectivity index is 2.80. The van der Waals surface area contributed by atoms with Crippen LogP contribution in [0, 0.1) is 11.3 Å². The summed E-state index contributed by atoms with van der Waals surface area (Å²) in [6, 6.07) is 2.43. The van der Waals surface area contributed by atoms with E-state index in [1.165, 1.54) is 0 Å². The number of halogens is 2. The summed E-state index contributed by atoms with van der Waals surface area (Å²) in [6.45, 7) is 3.34. The third kappa shape index (κ3) is 2.69. The van der Waals surface area contributed by atoms with E-state index in [2.05, 4.69) is 39.7 Å². The first-order valence-corrected chi connectivity index (χ1v) is 11.6. The van der Waals surface area contributed by atoms with Crippen molar-refractivity contribution in [3.05, 3.63) is 0 Å². The molecule has 0 amide bonds. The molecule has 0 saturated carbocycles. The number of nitriles is 1. The van der Waals surface area contributed by atoms with E-state index in [1.807, 2.05) is 0 Å². The first kappa shape index (κ1) is 12.9. The van der Waals surface area contributed by atoms with Crippen LogP contribution in [0.15, 0.2) is 0 Å². The zero-order chi connectivity index (χ0) is 10.6. The third-order valence-electron chi connectivity index (χ3n) is 2.34. The van der Waals surface area contributed by atoms with Gasteiger partial charge in [-0.2, -0.15) is 0 Å². The van der Waals surface area contributed by atoms with Crippen molar-refractivity contribution in [2.45, 2.75) is 5.54 Å². The molecule has 0 aliphatic carbocycles. The van der Waals surface area contributed by atoms with Crippen molar-refractivity contribution in [3.8, 4) is 6.07 Å². The van der Waals surface area contributed by atoms with Crippen LogP contribution in [0.5, 0.6) is 0 Å². The van der Waals surface area contributed by atoms with Crippen LogP contribution < -0.4 is 17.5 Å². The van der Waals surface area contributed by atoms with Gasteiger partial charge in [0.2, 0.25) is 0 Å². The molecule has 0 aromatic carbocycles. The van der Waals surface area contributed by atoms with Crippen molar-refractivity contribution in [1.29, 1.82) is 5.26 Å². The minimum atomic E-state index is -0.407. The molecule has 1 fully saturated rings. The Morgan fingerprint density at radius 2 is 2.36 bits per heavy atom. The van der Waals surface area contributed by atoms with Gasteiger partial charge in [-0.05, 0) is 0 Å². The summed E-state index contributed by atoms with van der Waals surface area (Å²) in [6.07, 6.45) is 0. The Bertz CT molecular complexity index is 233. The van der Waals surface area contributed by atoms with E-state index >= 15 is 0 Å². The average Bonchev–Trinajstić information content (AvgIpc) is 2.18. The van der Waals surface area contributed by atoms with Crippen LogP contribution >= 0.6 is 18.6 Å². The molecule has 0 bridgehead atoms. The molecule has 6 heteroatoms. The van der Waals surface area contributed by atoms with Gasteiger partial charge in [-0.15, -0.1) is 0 Å². The molecule has 0 radical (unpaired) electrons. The molecule has 4 nitrogen and oxygen atoms in total. The molecule has 82 valence electrons. The van der Waals surface area contributed by atoms with E-state index in [9.17, 15) is 5.26 Å². The van der Waals surface area contributed by atoms with Gasteiger partial charge in [0.05, 0.1) is 0 Å². The maximum atomic E-state index is 9.31. The molecule has 1 saturated heterocycles. The van der Waals surface area contributed by atoms with E-state index in [4.69, 9.17) is 4.74 Å². The fourth-order valence-corrected chi connectivity index (χ4v) is 6.36. The van der Waals surface area contributed by atoms with Crippen LogP contribution in [-0.2, 0) is 4.74 Å². The Labute approximate surface area is 105 Å². The predicted molar refractivity (Wildman–Crippen MR) is 58.4 cm³/mol. The number of hydrogen-bond donors (Lipinski definition) is 0. The van der Waals surface area contributed by atoms with E-state index in [0.29, 0.717) is 6.61 Å². The molecule has 1 aliphatic heterocycles. The average molecular weight is 422 g/mol. The van der Waals surface area contributed by atoms with Crippen molar-refractivity contribution < 1.29 is 22.2 Å². The van der Waals surface area contributed by atoms with Crippen LogP contribution in [-0.4, -0.2) is 54.0 Å². The van der Waals surface area contributed by atoms with Gasteiger partial charge in [-0.25, -0.2) is 0 Å². The topological polar surface area (TPSA) is 39.5 Å². The molecule has 0 spiro atoms. The number of rotatable bonds is 3. The molecule has 0 N–H and O–H groups in total. The standard InChI is InChI=1S/C8H14I2N3O/c1-12-3-4-13(10-9)8(5-11,6-12)7-14-2/h3-4,6-7H2,1-2H3/q-1. The Kier molecular flexibility index (Phi) is 5.33. The fourth-order valence-electron chi connectivity index (χ4n) is 1.64. The number of methoxy groups -OCH3 is 1. The van der Waals surface area contributed by atoms with Gasteiger partial charge >= 0.3 is 106 Å². The Hall–Kier alpha value is 0.830. The Morgan fingerprint density at radius 3 is 2.86 bits per heavy atom. The molecule has 1 rings (SSSR count). The van der Waals surface area contributed by atoms with E-state index in [0.717, 1.165) is 19.6 Å². The summed E-state index contributed by atoms with van der Waals surface area (Å²) >= 11 is 2.35. The van der Waals surface area contributed by atoms with E-state index < -0.39 is 5.54 Å². The molecule has 1 unspecified atom stereocenters. The van der Waals surface area contributed by atoms with Crippen molar-refractivity contribution in [3.63, 3.8) is 0 Å². The summed E-state index contributed by atoms with van der Waals surface area (Å²) in [5.74, 6) is 0. The number of piperazine rings is 1. The predicted octanol–water partition coefficient (Wildman–Crippen LogP) is -2.50. The number of nitrogens with zero attached hydrogens (tertiary/aromatic N) is 3. The molecule has 0 aromatic rings. The SMILES string of the molecule is COCC1(C#N)CN(C)CCN1[I-]I. The molecular formula is C8H14I2N3O-. The second-order valence-electron chi connectivity index (χ2n) is 3.46. The van der Waals surface area contributed by atoms with Gasteiger partial charge in [0, 0.05) is 0 Å². The van der Waals surface area contributed by atoms with Crippen LogP contribution in [0.4, 0.5) is 0 Å². The molecule has 1 heterocycles. The second-order valence-corrected chi connectivity index (χ2v) is 7.44. The van der Waals surface area contributed by atoms with Crippen molar-refractivity contribution in [2.24, 2.45) is 0 Å². The van der Waals surface area contributed by atoms with Crippen LogP contribution in [0.2, 0.25) is 0 Å². The van der Waals surface area contributed by atoms with E-state index in [1.54, 1.807) is 7.11 Å². The van der Waals surface area contributed by atoms with Gasteiger partial charge < -0.3 is 0 Å². The zero-order valence-corrected chi connectivity index (χ0v) is 12.6. The van der Waals surface area contributed by atoms with Crippen molar-refractivity contribution >= 4 is 18.6 Å². The molecule has 0 aromatic heterocycles. The number of hydrogen-bond acceptors (Lipinski definition) is 4. The minimum absolute atomic E-state index is 0.0675. The summed E-state index contributed by atoms with van der Waals surface area (Å²) in [5, 5.41) is 9.31. The maximum absolute atomic E-state index is 9.31. The monoisotopic (exact) mass is 422 g/mol. The van der Waals surface area contributed by atoms with Crippen molar-refractivity contribution in [1.82, 2.24) is 8.01 Å². The van der Waals surface area contributed by atoms with E-state index in [-0.39, 0.29) is 17.5 Å². The summed E-state index contributed by atoms with van der Waals surface area (Å²) in [7, 11) is 3.72.